The summed E-state index contributed by atoms with van der Waals surface area (Å²) in [6, 6.07) is 3.16. The van der Waals surface area contributed by atoms with Crippen LogP contribution in [0.1, 0.15) is 31.7 Å². The van der Waals surface area contributed by atoms with Gasteiger partial charge in [0, 0.05) is 31.4 Å². The normalized spacial score (nSPS) is 14.6. The molecule has 3 rings (SSSR count). The summed E-state index contributed by atoms with van der Waals surface area (Å²) in [6.07, 6.45) is 1.63. The molecule has 0 aliphatic carbocycles. The van der Waals surface area contributed by atoms with E-state index in [1.807, 2.05) is 6.92 Å². The summed E-state index contributed by atoms with van der Waals surface area (Å²) in [5.41, 5.74) is 0.449. The third-order valence-electron chi connectivity index (χ3n) is 4.14. The zero-order valence-corrected chi connectivity index (χ0v) is 16.5. The Kier molecular flexibility index (Phi) is 6.56. The molecule has 8 nitrogen and oxygen atoms in total. The van der Waals surface area contributed by atoms with E-state index in [-0.39, 0.29) is 30.5 Å². The van der Waals surface area contributed by atoms with Gasteiger partial charge in [0.25, 0.3) is 5.91 Å². The summed E-state index contributed by atoms with van der Waals surface area (Å²) in [5, 5.41) is 18.9. The van der Waals surface area contributed by atoms with E-state index in [1.165, 1.54) is 17.3 Å². The fourth-order valence-corrected chi connectivity index (χ4v) is 3.04. The van der Waals surface area contributed by atoms with Crippen molar-refractivity contribution >= 4 is 34.8 Å². The molecule has 2 heterocycles. The lowest BCUT2D eigenvalue weighted by Gasteiger charge is -2.30. The summed E-state index contributed by atoms with van der Waals surface area (Å²) >= 11 is 12.2. The number of aliphatic hydroxyl groups is 2. The Bertz CT molecular complexity index is 848. The Morgan fingerprint density at radius 3 is 2.64 bits per heavy atom. The van der Waals surface area contributed by atoms with E-state index in [9.17, 15) is 4.79 Å². The van der Waals surface area contributed by atoms with Gasteiger partial charge in [-0.3, -0.25) is 4.79 Å². The summed E-state index contributed by atoms with van der Waals surface area (Å²) in [6.45, 7) is 1.89. The third kappa shape index (κ3) is 4.64. The quantitative estimate of drug-likeness (QED) is 0.654. The smallest absolute Gasteiger partial charge is 0.265 e. The van der Waals surface area contributed by atoms with E-state index in [1.54, 1.807) is 12.1 Å². The van der Waals surface area contributed by atoms with E-state index >= 15 is 0 Å². The minimum absolute atomic E-state index is 0.00681. The molecule has 1 aliphatic heterocycles. The first kappa shape index (κ1) is 20.6. The van der Waals surface area contributed by atoms with Crippen molar-refractivity contribution in [1.82, 2.24) is 9.97 Å². The lowest BCUT2D eigenvalue weighted by Crippen LogP contribution is -2.40. The Hall–Kier alpha value is -2.13. The summed E-state index contributed by atoms with van der Waals surface area (Å²) in [5.74, 6) is 0.954. The second-order valence-electron chi connectivity index (χ2n) is 6.13. The molecule has 0 saturated carbocycles. The fourth-order valence-electron chi connectivity index (χ4n) is 2.74. The van der Waals surface area contributed by atoms with Crippen LogP contribution in [0.5, 0.6) is 11.5 Å². The molecule has 0 unspecified atom stereocenters. The number of carbonyl (C=O) groups excluding carboxylic acids is 1. The molecular weight excluding hydrogens is 409 g/mol. The molecule has 0 saturated heterocycles. The van der Waals surface area contributed by atoms with Gasteiger partial charge in [-0.25, -0.2) is 9.97 Å². The van der Waals surface area contributed by atoms with Gasteiger partial charge in [-0.2, -0.15) is 0 Å². The molecular formula is C18H19Cl2N3O5. The average Bonchev–Trinajstić information content (AvgIpc) is 2.66. The predicted molar refractivity (Wildman–Crippen MR) is 103 cm³/mol. The van der Waals surface area contributed by atoms with Crippen molar-refractivity contribution in [3.8, 4) is 11.5 Å². The van der Waals surface area contributed by atoms with Gasteiger partial charge in [-0.15, -0.1) is 0 Å². The van der Waals surface area contributed by atoms with Gasteiger partial charge in [0.1, 0.15) is 11.5 Å². The van der Waals surface area contributed by atoms with Crippen molar-refractivity contribution in [3.05, 3.63) is 40.4 Å². The lowest BCUT2D eigenvalue weighted by molar-refractivity contribution is -0.121. The fraction of sp³-hybridized carbons (Fsp3) is 0.389. The van der Waals surface area contributed by atoms with Crippen LogP contribution >= 0.6 is 23.2 Å². The number of amides is 1. The van der Waals surface area contributed by atoms with Crippen LogP contribution < -0.4 is 14.4 Å². The molecule has 150 valence electrons. The number of fused-ring (bicyclic) bond motifs is 1. The van der Waals surface area contributed by atoms with Crippen LogP contribution in [0.25, 0.3) is 0 Å². The van der Waals surface area contributed by atoms with Crippen molar-refractivity contribution in [3.63, 3.8) is 0 Å². The highest BCUT2D eigenvalue weighted by Gasteiger charge is 2.28. The Labute approximate surface area is 171 Å². The van der Waals surface area contributed by atoms with E-state index in [4.69, 9.17) is 42.9 Å². The molecule has 0 fully saturated rings. The first-order valence-electron chi connectivity index (χ1n) is 8.66. The van der Waals surface area contributed by atoms with Gasteiger partial charge in [0.2, 0.25) is 0 Å². The molecule has 10 heteroatoms. The number of aliphatic hydroxyl groups excluding tert-OH is 1. The van der Waals surface area contributed by atoms with Gasteiger partial charge in [0.15, 0.2) is 24.8 Å². The molecule has 2 N–H and O–H groups in total. The average molecular weight is 428 g/mol. The molecule has 1 aromatic heterocycles. The highest BCUT2D eigenvalue weighted by atomic mass is 35.5. The predicted octanol–water partition coefficient (Wildman–Crippen LogP) is 2.74. The van der Waals surface area contributed by atoms with Gasteiger partial charge < -0.3 is 24.6 Å². The molecule has 0 spiro atoms. The number of ether oxygens (including phenoxy) is 2. The van der Waals surface area contributed by atoms with Crippen LogP contribution in [0, 0.1) is 0 Å². The second-order valence-corrected chi connectivity index (χ2v) is 6.97. The summed E-state index contributed by atoms with van der Waals surface area (Å²) in [4.78, 5) is 21.9. The van der Waals surface area contributed by atoms with Crippen molar-refractivity contribution in [1.29, 1.82) is 0 Å². The number of benzene rings is 1. The van der Waals surface area contributed by atoms with Gasteiger partial charge >= 0.3 is 0 Å². The molecule has 1 aromatic carbocycles. The molecule has 1 amide bonds. The number of anilines is 1. The van der Waals surface area contributed by atoms with E-state index < -0.39 is 12.4 Å². The highest BCUT2D eigenvalue weighted by molar-refractivity contribution is 6.32. The van der Waals surface area contributed by atoms with Gasteiger partial charge in [0.05, 0.1) is 15.7 Å². The number of rotatable bonds is 7. The van der Waals surface area contributed by atoms with Crippen molar-refractivity contribution in [2.45, 2.75) is 32.2 Å². The third-order valence-corrected chi connectivity index (χ3v) is 4.63. The maximum Gasteiger partial charge on any atom is 0.265 e. The number of carbonyl (C=O) groups is 1. The van der Waals surface area contributed by atoms with Crippen LogP contribution in [0.15, 0.2) is 24.5 Å². The molecule has 0 radical (unpaired) electrons. The summed E-state index contributed by atoms with van der Waals surface area (Å²) < 4.78 is 11.5. The topological polar surface area (TPSA) is 105 Å². The molecule has 0 bridgehead atoms. The minimum Gasteiger partial charge on any atom is -0.481 e. The standard InChI is InChI=1S/C18H19Cl2N3O5/c1-2-13(18-21-7-10(19)8-22-18)28-14-6-15-12(5-11(14)20)23(4-3-17(25)26)16(24)9-27-15/h5-8,13,17,25-26H,2-4,9H2,1H3/t13-/m0/s1. The van der Waals surface area contributed by atoms with Crippen LogP contribution in [-0.2, 0) is 4.79 Å². The number of hydrogen-bond acceptors (Lipinski definition) is 7. The second kappa shape index (κ2) is 8.91. The van der Waals surface area contributed by atoms with Crippen molar-refractivity contribution < 1.29 is 24.5 Å². The monoisotopic (exact) mass is 427 g/mol. The molecule has 2 aromatic rings. The largest absolute Gasteiger partial charge is 0.481 e. The van der Waals surface area contributed by atoms with Crippen LogP contribution in [0.2, 0.25) is 10.0 Å². The zero-order chi connectivity index (χ0) is 20.3. The van der Waals surface area contributed by atoms with Crippen LogP contribution in [0.3, 0.4) is 0 Å². The maximum absolute atomic E-state index is 12.1. The number of aromatic nitrogens is 2. The number of halogens is 2. The molecule has 1 atom stereocenters. The van der Waals surface area contributed by atoms with E-state index in [0.29, 0.717) is 34.5 Å². The van der Waals surface area contributed by atoms with E-state index in [0.717, 1.165) is 0 Å². The maximum atomic E-state index is 12.1. The molecule has 28 heavy (non-hydrogen) atoms. The van der Waals surface area contributed by atoms with Crippen LogP contribution in [-0.4, -0.2) is 45.5 Å². The first-order chi connectivity index (χ1) is 13.4. The lowest BCUT2D eigenvalue weighted by atomic mass is 10.2. The van der Waals surface area contributed by atoms with Gasteiger partial charge in [-0.05, 0) is 12.5 Å². The zero-order valence-electron chi connectivity index (χ0n) is 15.0. The summed E-state index contributed by atoms with van der Waals surface area (Å²) in [7, 11) is 0. The van der Waals surface area contributed by atoms with E-state index in [2.05, 4.69) is 9.97 Å². The SMILES string of the molecule is CC[C@H](Oc1cc2c(cc1Cl)N(CCC(O)O)C(=O)CO2)c1ncc(Cl)cn1. The first-order valence-corrected chi connectivity index (χ1v) is 9.41. The van der Waals surface area contributed by atoms with Gasteiger partial charge in [-0.1, -0.05) is 30.1 Å². The number of hydrogen-bond donors (Lipinski definition) is 2. The number of nitrogens with zero attached hydrogens (tertiary/aromatic N) is 3. The van der Waals surface area contributed by atoms with Crippen molar-refractivity contribution in [2.75, 3.05) is 18.1 Å². The highest BCUT2D eigenvalue weighted by Crippen LogP contribution is 2.41. The van der Waals surface area contributed by atoms with Crippen molar-refractivity contribution in [2.24, 2.45) is 0 Å². The minimum atomic E-state index is -1.51. The Morgan fingerprint density at radius 2 is 2.00 bits per heavy atom. The Morgan fingerprint density at radius 1 is 1.29 bits per heavy atom. The Balaban J connectivity index is 1.86. The van der Waals surface area contributed by atoms with Crippen LogP contribution in [0.4, 0.5) is 5.69 Å². The molecule has 1 aliphatic rings.